The van der Waals surface area contributed by atoms with Crippen LogP contribution in [0, 0.1) is 6.92 Å². The number of ether oxygens (including phenoxy) is 2. The minimum Gasteiger partial charge on any atom is -0.493 e. The lowest BCUT2D eigenvalue weighted by Crippen LogP contribution is -2.49. The average Bonchev–Trinajstić information content (AvgIpc) is 3.12. The number of halogens is 1. The molecule has 6 heteroatoms. The van der Waals surface area contributed by atoms with Crippen LogP contribution in [-0.4, -0.2) is 18.6 Å². The largest absolute Gasteiger partial charge is 0.493 e. The van der Waals surface area contributed by atoms with Crippen molar-refractivity contribution in [2.45, 2.75) is 57.1 Å². The standard InChI is InChI=1S/C25H26ClNO4/c1-15-12-18-16(4-7-22(29-2)24(18)30-15)5-9-23(28)27-20-14-25(10-3-11-25)31-21-8-6-17(26)13-19(20)21/h4,6-8,12-13,20H,3,5,9-11,14H2,1-2H3,(H,27,28). The summed E-state index contributed by atoms with van der Waals surface area (Å²) in [5.41, 5.74) is 2.64. The molecule has 1 aliphatic carbocycles. The monoisotopic (exact) mass is 439 g/mol. The van der Waals surface area contributed by atoms with E-state index in [4.69, 9.17) is 25.5 Å². The number of aryl methyl sites for hydroxylation is 2. The number of methoxy groups -OCH3 is 1. The van der Waals surface area contributed by atoms with E-state index in [2.05, 4.69) is 5.32 Å². The zero-order chi connectivity index (χ0) is 21.6. The van der Waals surface area contributed by atoms with Gasteiger partial charge >= 0.3 is 0 Å². The van der Waals surface area contributed by atoms with E-state index in [1.54, 1.807) is 7.11 Å². The van der Waals surface area contributed by atoms with Gasteiger partial charge in [0.2, 0.25) is 5.91 Å². The molecule has 31 heavy (non-hydrogen) atoms. The van der Waals surface area contributed by atoms with Crippen molar-refractivity contribution in [2.75, 3.05) is 7.11 Å². The Labute approximate surface area is 186 Å². The third-order valence-corrected chi connectivity index (χ3v) is 6.79. The van der Waals surface area contributed by atoms with Gasteiger partial charge in [-0.1, -0.05) is 17.7 Å². The second-order valence-electron chi connectivity index (χ2n) is 8.67. The van der Waals surface area contributed by atoms with Gasteiger partial charge in [0.05, 0.1) is 13.2 Å². The first-order chi connectivity index (χ1) is 15.0. The molecule has 1 saturated carbocycles. The molecule has 5 rings (SSSR count). The molecule has 2 aromatic carbocycles. The summed E-state index contributed by atoms with van der Waals surface area (Å²) in [6.45, 7) is 1.92. The average molecular weight is 440 g/mol. The quantitative estimate of drug-likeness (QED) is 0.537. The van der Waals surface area contributed by atoms with Gasteiger partial charge < -0.3 is 19.2 Å². The zero-order valence-corrected chi connectivity index (χ0v) is 18.6. The van der Waals surface area contributed by atoms with Gasteiger partial charge in [0, 0.05) is 28.8 Å². The fourth-order valence-corrected chi connectivity index (χ4v) is 5.00. The first-order valence-corrected chi connectivity index (χ1v) is 11.2. The van der Waals surface area contributed by atoms with Crippen molar-refractivity contribution in [3.05, 3.63) is 58.3 Å². The second-order valence-corrected chi connectivity index (χ2v) is 9.11. The van der Waals surface area contributed by atoms with E-state index in [-0.39, 0.29) is 17.6 Å². The molecule has 2 heterocycles. The number of rotatable bonds is 5. The molecule has 162 valence electrons. The molecule has 1 atom stereocenters. The Bertz CT molecular complexity index is 1150. The van der Waals surface area contributed by atoms with Crippen molar-refractivity contribution in [3.63, 3.8) is 0 Å². The number of carbonyl (C=O) groups excluding carboxylic acids is 1. The van der Waals surface area contributed by atoms with Crippen molar-refractivity contribution in [2.24, 2.45) is 0 Å². The van der Waals surface area contributed by atoms with Crippen LogP contribution in [0.25, 0.3) is 11.0 Å². The number of carbonyl (C=O) groups is 1. The SMILES string of the molecule is COc1ccc(CCC(=O)NC2CC3(CCC3)Oc3ccc(Cl)cc32)c2cc(C)oc12. The van der Waals surface area contributed by atoms with Crippen LogP contribution in [0.5, 0.6) is 11.5 Å². The summed E-state index contributed by atoms with van der Waals surface area (Å²) >= 11 is 6.23. The molecule has 1 N–H and O–H groups in total. The maximum atomic E-state index is 12.9. The van der Waals surface area contributed by atoms with Crippen LogP contribution < -0.4 is 14.8 Å². The van der Waals surface area contributed by atoms with Gasteiger partial charge in [-0.05, 0) is 68.5 Å². The molecule has 5 nitrogen and oxygen atoms in total. The fourth-order valence-electron chi connectivity index (χ4n) is 4.82. The highest BCUT2D eigenvalue weighted by atomic mass is 35.5. The Kier molecular flexibility index (Phi) is 5.09. The molecular weight excluding hydrogens is 414 g/mol. The van der Waals surface area contributed by atoms with E-state index in [1.165, 1.54) is 6.42 Å². The van der Waals surface area contributed by atoms with Crippen molar-refractivity contribution in [1.82, 2.24) is 5.32 Å². The molecule has 1 unspecified atom stereocenters. The minimum atomic E-state index is -0.144. The summed E-state index contributed by atoms with van der Waals surface area (Å²) in [7, 11) is 1.63. The highest BCUT2D eigenvalue weighted by Crippen LogP contribution is 2.49. The highest BCUT2D eigenvalue weighted by molar-refractivity contribution is 6.30. The first-order valence-electron chi connectivity index (χ1n) is 10.8. The molecule has 3 aromatic rings. The number of benzene rings is 2. The summed E-state index contributed by atoms with van der Waals surface area (Å²) in [6.07, 6.45) is 5.05. The summed E-state index contributed by atoms with van der Waals surface area (Å²) in [6, 6.07) is 11.5. The number of hydrogen-bond donors (Lipinski definition) is 1. The maximum Gasteiger partial charge on any atom is 0.220 e. The van der Waals surface area contributed by atoms with Gasteiger partial charge in [0.15, 0.2) is 11.3 Å². The molecule has 0 saturated heterocycles. The van der Waals surface area contributed by atoms with Crippen LogP contribution >= 0.6 is 11.6 Å². The van der Waals surface area contributed by atoms with Crippen LogP contribution in [0.2, 0.25) is 5.02 Å². The van der Waals surface area contributed by atoms with E-state index in [0.29, 0.717) is 23.6 Å². The van der Waals surface area contributed by atoms with Gasteiger partial charge in [-0.15, -0.1) is 0 Å². The molecule has 2 aliphatic rings. The Hall–Kier alpha value is -2.66. The lowest BCUT2D eigenvalue weighted by atomic mass is 9.73. The fraction of sp³-hybridized carbons (Fsp3) is 0.400. The number of fused-ring (bicyclic) bond motifs is 2. The maximum absolute atomic E-state index is 12.9. The Morgan fingerprint density at radius 3 is 2.84 bits per heavy atom. The van der Waals surface area contributed by atoms with E-state index in [1.807, 2.05) is 43.3 Å². The third-order valence-electron chi connectivity index (χ3n) is 6.55. The summed E-state index contributed by atoms with van der Waals surface area (Å²) in [5.74, 6) is 2.40. The molecule has 1 spiro atoms. The van der Waals surface area contributed by atoms with Crippen LogP contribution in [0.4, 0.5) is 0 Å². The highest BCUT2D eigenvalue weighted by Gasteiger charge is 2.45. The van der Waals surface area contributed by atoms with E-state index < -0.39 is 0 Å². The summed E-state index contributed by atoms with van der Waals surface area (Å²) in [5, 5.41) is 4.90. The van der Waals surface area contributed by atoms with Gasteiger partial charge in [0.1, 0.15) is 17.1 Å². The van der Waals surface area contributed by atoms with Crippen LogP contribution in [0.3, 0.4) is 0 Å². The Morgan fingerprint density at radius 1 is 1.26 bits per heavy atom. The third kappa shape index (κ3) is 3.76. The van der Waals surface area contributed by atoms with Gasteiger partial charge in [-0.3, -0.25) is 4.79 Å². The molecule has 1 fully saturated rings. The normalized spacial score (nSPS) is 18.9. The topological polar surface area (TPSA) is 60.7 Å². The van der Waals surface area contributed by atoms with Crippen LogP contribution in [0.15, 0.2) is 40.8 Å². The number of nitrogens with one attached hydrogen (secondary N) is 1. The Morgan fingerprint density at radius 2 is 2.10 bits per heavy atom. The Balaban J connectivity index is 1.32. The molecule has 1 aromatic heterocycles. The van der Waals surface area contributed by atoms with E-state index >= 15 is 0 Å². The second kappa shape index (κ2) is 7.79. The number of hydrogen-bond acceptors (Lipinski definition) is 4. The lowest BCUT2D eigenvalue weighted by molar-refractivity contribution is -0.123. The minimum absolute atomic E-state index is 0.0245. The zero-order valence-electron chi connectivity index (χ0n) is 17.8. The van der Waals surface area contributed by atoms with E-state index in [9.17, 15) is 4.79 Å². The number of furan rings is 1. The first kappa shape index (κ1) is 20.3. The van der Waals surface area contributed by atoms with Crippen LogP contribution in [-0.2, 0) is 11.2 Å². The van der Waals surface area contributed by atoms with Gasteiger partial charge in [-0.25, -0.2) is 0 Å². The van der Waals surface area contributed by atoms with Gasteiger partial charge in [-0.2, -0.15) is 0 Å². The number of amides is 1. The predicted octanol–water partition coefficient (Wildman–Crippen LogP) is 5.90. The lowest BCUT2D eigenvalue weighted by Gasteiger charge is -2.48. The molecular formula is C25H26ClNO4. The summed E-state index contributed by atoms with van der Waals surface area (Å²) in [4.78, 5) is 12.9. The molecule has 0 bridgehead atoms. The molecule has 1 aliphatic heterocycles. The smallest absolute Gasteiger partial charge is 0.220 e. The van der Waals surface area contributed by atoms with Crippen LogP contribution in [0.1, 0.15) is 55.0 Å². The molecule has 1 amide bonds. The summed E-state index contributed by atoms with van der Waals surface area (Å²) < 4.78 is 17.5. The van der Waals surface area contributed by atoms with Crippen molar-refractivity contribution >= 4 is 28.5 Å². The van der Waals surface area contributed by atoms with Crippen molar-refractivity contribution < 1.29 is 18.7 Å². The van der Waals surface area contributed by atoms with Crippen molar-refractivity contribution in [3.8, 4) is 11.5 Å². The predicted molar refractivity (Wildman–Crippen MR) is 120 cm³/mol. The molecule has 0 radical (unpaired) electrons. The van der Waals surface area contributed by atoms with E-state index in [0.717, 1.165) is 52.9 Å². The van der Waals surface area contributed by atoms with Crippen molar-refractivity contribution in [1.29, 1.82) is 0 Å². The van der Waals surface area contributed by atoms with Gasteiger partial charge in [0.25, 0.3) is 0 Å².